The van der Waals surface area contributed by atoms with E-state index in [0.29, 0.717) is 12.8 Å². The van der Waals surface area contributed by atoms with Crippen LogP contribution in [0.2, 0.25) is 0 Å². The molecule has 1 amide bonds. The second-order valence-electron chi connectivity index (χ2n) is 5.42. The first-order valence-electron chi connectivity index (χ1n) is 6.67. The van der Waals surface area contributed by atoms with Gasteiger partial charge in [-0.05, 0) is 31.6 Å². The topological polar surface area (TPSA) is 66.4 Å². The van der Waals surface area contributed by atoms with Crippen molar-refractivity contribution in [2.24, 2.45) is 17.8 Å². The molecule has 0 aromatic rings. The van der Waals surface area contributed by atoms with Gasteiger partial charge in [-0.2, -0.15) is 0 Å². The number of rotatable bonds is 5. The maximum Gasteiger partial charge on any atom is 0.306 e. The van der Waals surface area contributed by atoms with E-state index in [-0.39, 0.29) is 17.7 Å². The number of hydrogen-bond donors (Lipinski definition) is 2. The number of carboxylic acid groups (broad SMARTS) is 1. The van der Waals surface area contributed by atoms with Crippen LogP contribution in [-0.4, -0.2) is 23.5 Å². The minimum atomic E-state index is -0.755. The molecule has 0 aromatic carbocycles. The first kappa shape index (κ1) is 12.4. The normalized spacial score (nSPS) is 28.7. The summed E-state index contributed by atoms with van der Waals surface area (Å²) in [5, 5.41) is 11.8. The molecule has 0 bridgehead atoms. The lowest BCUT2D eigenvalue weighted by molar-refractivity contribution is -0.141. The monoisotopic (exact) mass is 239 g/mol. The smallest absolute Gasteiger partial charge is 0.306 e. The lowest BCUT2D eigenvalue weighted by Crippen LogP contribution is -2.32. The molecule has 2 N–H and O–H groups in total. The van der Waals surface area contributed by atoms with E-state index in [2.05, 4.69) is 5.32 Å². The van der Waals surface area contributed by atoms with Crippen LogP contribution in [0.5, 0.6) is 0 Å². The highest BCUT2D eigenvalue weighted by Crippen LogP contribution is 2.31. The first-order chi connectivity index (χ1) is 8.16. The molecule has 2 aliphatic carbocycles. The Morgan fingerprint density at radius 1 is 1.12 bits per heavy atom. The molecule has 2 aliphatic rings. The van der Waals surface area contributed by atoms with Crippen LogP contribution in [0.4, 0.5) is 0 Å². The molecule has 0 aromatic heterocycles. The number of amides is 1. The Hall–Kier alpha value is -1.06. The maximum absolute atomic E-state index is 11.8. The molecular formula is C13H21NO3. The predicted octanol–water partition coefficient (Wildman–Crippen LogP) is 1.79. The van der Waals surface area contributed by atoms with Gasteiger partial charge in [0.05, 0.1) is 5.92 Å². The number of aliphatic carboxylic acids is 1. The minimum absolute atomic E-state index is 0.0630. The van der Waals surface area contributed by atoms with Gasteiger partial charge < -0.3 is 10.4 Å². The van der Waals surface area contributed by atoms with E-state index in [1.165, 1.54) is 19.3 Å². The van der Waals surface area contributed by atoms with E-state index in [1.807, 2.05) is 0 Å². The average molecular weight is 239 g/mol. The number of carbonyl (C=O) groups excluding carboxylic acids is 1. The molecule has 2 fully saturated rings. The van der Waals surface area contributed by atoms with Gasteiger partial charge in [0.1, 0.15) is 0 Å². The minimum Gasteiger partial charge on any atom is -0.481 e. The third-order valence-electron chi connectivity index (χ3n) is 4.23. The molecule has 2 saturated carbocycles. The molecule has 0 spiro atoms. The van der Waals surface area contributed by atoms with Gasteiger partial charge in [-0.15, -0.1) is 0 Å². The van der Waals surface area contributed by atoms with Crippen molar-refractivity contribution in [3.8, 4) is 0 Å². The van der Waals surface area contributed by atoms with E-state index < -0.39 is 5.97 Å². The number of carboxylic acids is 1. The van der Waals surface area contributed by atoms with Crippen molar-refractivity contribution in [1.82, 2.24) is 5.32 Å². The van der Waals surface area contributed by atoms with Crippen molar-refractivity contribution in [3.63, 3.8) is 0 Å². The summed E-state index contributed by atoms with van der Waals surface area (Å²) in [5.74, 6) is -0.261. The number of nitrogens with one attached hydrogen (secondary N) is 1. The molecule has 4 nitrogen and oxygen atoms in total. The van der Waals surface area contributed by atoms with Crippen molar-refractivity contribution in [2.75, 3.05) is 6.54 Å². The van der Waals surface area contributed by atoms with Gasteiger partial charge in [0.25, 0.3) is 0 Å². The fourth-order valence-corrected chi connectivity index (χ4v) is 2.77. The highest BCUT2D eigenvalue weighted by atomic mass is 16.4. The first-order valence-corrected chi connectivity index (χ1v) is 6.67. The maximum atomic E-state index is 11.8. The Kier molecular flexibility index (Phi) is 4.02. The summed E-state index contributed by atoms with van der Waals surface area (Å²) < 4.78 is 0. The van der Waals surface area contributed by atoms with Gasteiger partial charge in [-0.3, -0.25) is 9.59 Å². The van der Waals surface area contributed by atoms with E-state index in [1.54, 1.807) is 0 Å². The Morgan fingerprint density at radius 2 is 1.82 bits per heavy atom. The SMILES string of the molecule is O=C(O)[C@H]1CC[C@@H](C(=O)NCCC2CCC2)C1. The van der Waals surface area contributed by atoms with Crippen molar-refractivity contribution in [1.29, 1.82) is 0 Å². The fraction of sp³-hybridized carbons (Fsp3) is 0.846. The van der Waals surface area contributed by atoms with Crippen molar-refractivity contribution in [2.45, 2.75) is 44.9 Å². The van der Waals surface area contributed by atoms with Crippen LogP contribution in [0.3, 0.4) is 0 Å². The van der Waals surface area contributed by atoms with Crippen LogP contribution in [0.1, 0.15) is 44.9 Å². The zero-order valence-corrected chi connectivity index (χ0v) is 10.2. The number of carbonyl (C=O) groups is 2. The van der Waals surface area contributed by atoms with Crippen LogP contribution in [0.25, 0.3) is 0 Å². The van der Waals surface area contributed by atoms with Crippen LogP contribution in [0, 0.1) is 17.8 Å². The standard InChI is InChI=1S/C13H21NO3/c15-12(14-7-6-9-2-1-3-9)10-4-5-11(8-10)13(16)17/h9-11H,1-8H2,(H,14,15)(H,16,17)/t10-,11+/m1/s1. The van der Waals surface area contributed by atoms with Gasteiger partial charge in [-0.1, -0.05) is 19.3 Å². The van der Waals surface area contributed by atoms with Crippen LogP contribution < -0.4 is 5.32 Å². The molecule has 0 heterocycles. The summed E-state index contributed by atoms with van der Waals surface area (Å²) in [6.45, 7) is 0.762. The van der Waals surface area contributed by atoms with E-state index in [4.69, 9.17) is 5.11 Å². The molecule has 4 heteroatoms. The Bertz CT molecular complexity index is 299. The molecule has 0 unspecified atom stereocenters. The largest absolute Gasteiger partial charge is 0.481 e. The van der Waals surface area contributed by atoms with E-state index >= 15 is 0 Å². The average Bonchev–Trinajstić information content (AvgIpc) is 2.70. The lowest BCUT2D eigenvalue weighted by Gasteiger charge is -2.25. The third-order valence-corrected chi connectivity index (χ3v) is 4.23. The fourth-order valence-electron chi connectivity index (χ4n) is 2.77. The van der Waals surface area contributed by atoms with Gasteiger partial charge >= 0.3 is 5.97 Å². The lowest BCUT2D eigenvalue weighted by atomic mass is 9.83. The van der Waals surface area contributed by atoms with Gasteiger partial charge in [0, 0.05) is 12.5 Å². The summed E-state index contributed by atoms with van der Waals surface area (Å²) in [6.07, 6.45) is 6.93. The molecule has 0 saturated heterocycles. The Morgan fingerprint density at radius 3 is 2.35 bits per heavy atom. The van der Waals surface area contributed by atoms with Crippen LogP contribution >= 0.6 is 0 Å². The summed E-state index contributed by atoms with van der Waals surface area (Å²) in [6, 6.07) is 0. The summed E-state index contributed by atoms with van der Waals surface area (Å²) in [5.41, 5.74) is 0. The molecule has 96 valence electrons. The van der Waals surface area contributed by atoms with Crippen molar-refractivity contribution in [3.05, 3.63) is 0 Å². The molecule has 2 rings (SSSR count). The summed E-state index contributed by atoms with van der Waals surface area (Å²) in [7, 11) is 0. The highest BCUT2D eigenvalue weighted by Gasteiger charge is 2.33. The zero-order valence-electron chi connectivity index (χ0n) is 10.2. The van der Waals surface area contributed by atoms with Crippen LogP contribution in [-0.2, 0) is 9.59 Å². The predicted molar refractivity (Wildman–Crippen MR) is 63.4 cm³/mol. The van der Waals surface area contributed by atoms with Gasteiger partial charge in [-0.25, -0.2) is 0 Å². The molecule has 2 atom stereocenters. The summed E-state index contributed by atoms with van der Waals surface area (Å²) in [4.78, 5) is 22.6. The zero-order chi connectivity index (χ0) is 12.3. The second-order valence-corrected chi connectivity index (χ2v) is 5.42. The molecule has 17 heavy (non-hydrogen) atoms. The van der Waals surface area contributed by atoms with Gasteiger partial charge in [0.2, 0.25) is 5.91 Å². The number of hydrogen-bond acceptors (Lipinski definition) is 2. The van der Waals surface area contributed by atoms with E-state index in [9.17, 15) is 9.59 Å². The quantitative estimate of drug-likeness (QED) is 0.768. The molecule has 0 aliphatic heterocycles. The molecular weight excluding hydrogens is 218 g/mol. The third kappa shape index (κ3) is 3.20. The highest BCUT2D eigenvalue weighted by molar-refractivity contribution is 5.80. The summed E-state index contributed by atoms with van der Waals surface area (Å²) >= 11 is 0. The van der Waals surface area contributed by atoms with Crippen molar-refractivity contribution < 1.29 is 14.7 Å². The Labute approximate surface area is 102 Å². The van der Waals surface area contributed by atoms with Crippen LogP contribution in [0.15, 0.2) is 0 Å². The molecule has 0 radical (unpaired) electrons. The Balaban J connectivity index is 1.64. The van der Waals surface area contributed by atoms with Crippen molar-refractivity contribution >= 4 is 11.9 Å². The van der Waals surface area contributed by atoms with Gasteiger partial charge in [0.15, 0.2) is 0 Å². The van der Waals surface area contributed by atoms with E-state index in [0.717, 1.165) is 25.3 Å². The second kappa shape index (κ2) is 5.52.